The lowest BCUT2D eigenvalue weighted by Gasteiger charge is -2.39. The highest BCUT2D eigenvalue weighted by molar-refractivity contribution is 7.44. The molecule has 1 amide bonds. The van der Waals surface area contributed by atoms with E-state index in [9.17, 15) is 10.1 Å². The number of methoxy groups -OCH3 is 2. The molecule has 1 fully saturated rings. The zero-order valence-electron chi connectivity index (χ0n) is 47.6. The van der Waals surface area contributed by atoms with Gasteiger partial charge >= 0.3 is 0 Å². The molecule has 6 aromatic rings. The number of rotatable bonds is 35. The molecule has 15 nitrogen and oxygen atoms in total. The summed E-state index contributed by atoms with van der Waals surface area (Å²) in [7, 11) is 1.50. The second-order valence-corrected chi connectivity index (χ2v) is 22.2. The number of nitrogens with zero attached hydrogens (tertiary/aromatic N) is 6. The smallest absolute Gasteiger partial charge is 0.259 e. The number of unbranched alkanes of at least 4 members (excludes halogenated alkanes) is 13. The summed E-state index contributed by atoms with van der Waals surface area (Å²) in [6.07, 6.45) is 17.5. The van der Waals surface area contributed by atoms with Crippen LogP contribution < -0.4 is 14.8 Å². The van der Waals surface area contributed by atoms with Crippen molar-refractivity contribution in [2.75, 3.05) is 39.4 Å². The van der Waals surface area contributed by atoms with Crippen molar-refractivity contribution in [1.29, 1.82) is 5.26 Å². The molecule has 5 unspecified atom stereocenters. The molecule has 1 N–H and O–H groups in total. The SMILES string of the molecule is CCCCCCCCCCCCCCCCOC1C(OP(OCCC#N)N(C(C)C)C(C)C)C(COC(c2ccccc2)(c2ccc(OC)cc2)c2ccc(OC)cc2)OC1n1cnc2c(NC(=O)c3ccccc3)ncnc21. The maximum absolute atomic E-state index is 13.5. The average Bonchev–Trinajstić information content (AvgIpc) is 4.31. The van der Waals surface area contributed by atoms with Crippen LogP contribution in [0.3, 0.4) is 0 Å². The van der Waals surface area contributed by atoms with E-state index >= 15 is 0 Å². The average molecular weight is 1100 g/mol. The van der Waals surface area contributed by atoms with E-state index in [2.05, 4.69) is 67.8 Å². The number of ether oxygens (including phenoxy) is 5. The summed E-state index contributed by atoms with van der Waals surface area (Å²) in [4.78, 5) is 27.6. The molecule has 79 heavy (non-hydrogen) atoms. The van der Waals surface area contributed by atoms with Crippen molar-refractivity contribution in [2.45, 2.75) is 173 Å². The lowest BCUT2D eigenvalue weighted by molar-refractivity contribution is -0.0954. The Morgan fingerprint density at radius 2 is 1.25 bits per heavy atom. The van der Waals surface area contributed by atoms with E-state index in [1.807, 2.05) is 89.5 Å². The monoisotopic (exact) mass is 1100 g/mol. The number of hydrogen-bond donors (Lipinski definition) is 1. The Kier molecular flexibility index (Phi) is 24.5. The predicted octanol–water partition coefficient (Wildman–Crippen LogP) is 14.5. The summed E-state index contributed by atoms with van der Waals surface area (Å²) in [5.41, 5.74) is 2.71. The third-order valence-corrected chi connectivity index (χ3v) is 16.6. The fraction of sp³-hybridized carbons (Fsp3) is 0.508. The lowest BCUT2D eigenvalue weighted by Crippen LogP contribution is -2.43. The molecule has 1 aliphatic heterocycles. The molecule has 0 saturated carbocycles. The highest BCUT2D eigenvalue weighted by Gasteiger charge is 2.52. The second kappa shape index (κ2) is 31.8. The minimum atomic E-state index is -1.81. The molecule has 0 spiro atoms. The van der Waals surface area contributed by atoms with Crippen LogP contribution in [-0.4, -0.2) is 94.5 Å². The van der Waals surface area contributed by atoms with Crippen LogP contribution in [0.4, 0.5) is 5.82 Å². The zero-order valence-corrected chi connectivity index (χ0v) is 48.5. The van der Waals surface area contributed by atoms with E-state index in [0.717, 1.165) is 36.0 Å². The van der Waals surface area contributed by atoms with Gasteiger partial charge in [0.2, 0.25) is 0 Å². The van der Waals surface area contributed by atoms with Gasteiger partial charge in [0.25, 0.3) is 14.4 Å². The van der Waals surface area contributed by atoms with Crippen LogP contribution in [0.25, 0.3) is 11.2 Å². The van der Waals surface area contributed by atoms with Crippen LogP contribution in [0, 0.1) is 11.3 Å². The van der Waals surface area contributed by atoms with Gasteiger partial charge in [-0.2, -0.15) is 5.26 Å². The van der Waals surface area contributed by atoms with E-state index < -0.39 is 38.7 Å². The third kappa shape index (κ3) is 16.4. The molecule has 2 aromatic heterocycles. The normalized spacial score (nSPS) is 16.9. The minimum absolute atomic E-state index is 0.0115. The van der Waals surface area contributed by atoms with Crippen LogP contribution in [-0.2, 0) is 28.9 Å². The van der Waals surface area contributed by atoms with Crippen molar-refractivity contribution >= 4 is 31.4 Å². The number of benzene rings is 4. The maximum atomic E-state index is 13.5. The highest BCUT2D eigenvalue weighted by Crippen LogP contribution is 2.52. The van der Waals surface area contributed by atoms with Crippen molar-refractivity contribution in [1.82, 2.24) is 24.2 Å². The lowest BCUT2D eigenvalue weighted by atomic mass is 9.80. The maximum Gasteiger partial charge on any atom is 0.259 e. The molecule has 16 heteroatoms. The number of anilines is 1. The van der Waals surface area contributed by atoms with E-state index in [-0.39, 0.29) is 43.4 Å². The van der Waals surface area contributed by atoms with Gasteiger partial charge in [-0.25, -0.2) is 19.6 Å². The Bertz CT molecular complexity index is 2690. The molecule has 5 atom stereocenters. The molecule has 424 valence electrons. The van der Waals surface area contributed by atoms with Crippen LogP contribution in [0.5, 0.6) is 11.5 Å². The van der Waals surface area contributed by atoms with Crippen LogP contribution in [0.2, 0.25) is 0 Å². The summed E-state index contributed by atoms with van der Waals surface area (Å²) in [6, 6.07) is 37.3. The van der Waals surface area contributed by atoms with Gasteiger partial charge in [-0.1, -0.05) is 163 Å². The van der Waals surface area contributed by atoms with Gasteiger partial charge in [0.1, 0.15) is 41.7 Å². The first-order valence-corrected chi connectivity index (χ1v) is 29.8. The van der Waals surface area contributed by atoms with Crippen molar-refractivity contribution < 1.29 is 37.5 Å². The fourth-order valence-electron chi connectivity index (χ4n) is 10.5. The van der Waals surface area contributed by atoms with Gasteiger partial charge in [0, 0.05) is 24.3 Å². The molecule has 1 saturated heterocycles. The van der Waals surface area contributed by atoms with E-state index in [1.54, 1.807) is 32.7 Å². The second-order valence-electron chi connectivity index (χ2n) is 20.8. The van der Waals surface area contributed by atoms with Gasteiger partial charge in [0.05, 0.1) is 46.3 Å². The molecule has 1 aliphatic rings. The van der Waals surface area contributed by atoms with E-state index in [1.165, 1.54) is 77.0 Å². The number of amides is 1. The molecule has 0 aliphatic carbocycles. The van der Waals surface area contributed by atoms with Crippen molar-refractivity contribution in [3.05, 3.63) is 144 Å². The number of hydrogen-bond acceptors (Lipinski definition) is 13. The van der Waals surface area contributed by atoms with E-state index in [4.69, 9.17) is 42.7 Å². The minimum Gasteiger partial charge on any atom is -0.497 e. The molecule has 7 rings (SSSR count). The molecule has 3 heterocycles. The Hall–Kier alpha value is -5.82. The fourth-order valence-corrected chi connectivity index (χ4v) is 12.2. The Balaban J connectivity index is 1.25. The number of carbonyl (C=O) groups is 1. The van der Waals surface area contributed by atoms with Gasteiger partial charge < -0.3 is 38.0 Å². The van der Waals surface area contributed by atoms with Gasteiger partial charge in [0.15, 0.2) is 23.2 Å². The van der Waals surface area contributed by atoms with Crippen LogP contribution in [0.1, 0.15) is 164 Å². The number of aromatic nitrogens is 4. The van der Waals surface area contributed by atoms with Crippen molar-refractivity contribution in [3.8, 4) is 17.6 Å². The largest absolute Gasteiger partial charge is 0.497 e. The van der Waals surface area contributed by atoms with E-state index in [0.29, 0.717) is 34.8 Å². The zero-order chi connectivity index (χ0) is 55.8. The summed E-state index contributed by atoms with van der Waals surface area (Å²) in [6.45, 7) is 11.4. The summed E-state index contributed by atoms with van der Waals surface area (Å²) < 4.78 is 51.5. The first-order chi connectivity index (χ1) is 38.6. The summed E-state index contributed by atoms with van der Waals surface area (Å²) in [5, 5.41) is 12.7. The molecule has 0 bridgehead atoms. The Morgan fingerprint density at radius 1 is 0.709 bits per heavy atom. The molecule has 4 aromatic carbocycles. The molecular formula is C63H84N7O8P. The number of carbonyl (C=O) groups excluding carboxylic acids is 1. The third-order valence-electron chi connectivity index (χ3n) is 14.5. The van der Waals surface area contributed by atoms with Crippen LogP contribution >= 0.6 is 8.53 Å². The Morgan fingerprint density at radius 3 is 1.80 bits per heavy atom. The number of fused-ring (bicyclic) bond motifs is 1. The van der Waals surface area contributed by atoms with Gasteiger partial charge in [-0.15, -0.1) is 0 Å². The number of imidazole rings is 1. The van der Waals surface area contributed by atoms with Gasteiger partial charge in [-0.3, -0.25) is 9.36 Å². The quantitative estimate of drug-likeness (QED) is 0.0227. The van der Waals surface area contributed by atoms with Crippen molar-refractivity contribution in [2.24, 2.45) is 0 Å². The highest BCUT2D eigenvalue weighted by atomic mass is 31.2. The topological polar surface area (TPSA) is 164 Å². The Labute approximate surface area is 470 Å². The molecule has 0 radical (unpaired) electrons. The predicted molar refractivity (Wildman–Crippen MR) is 312 cm³/mol. The first-order valence-electron chi connectivity index (χ1n) is 28.7. The first kappa shape index (κ1) is 60.8. The summed E-state index contributed by atoms with van der Waals surface area (Å²) in [5.74, 6) is 1.35. The van der Waals surface area contributed by atoms with Crippen molar-refractivity contribution in [3.63, 3.8) is 0 Å². The number of nitriles is 1. The van der Waals surface area contributed by atoms with Crippen LogP contribution in [0.15, 0.2) is 122 Å². The standard InChI is InChI=1S/C63H84N7O8P/c1-8-9-10-11-12-13-14-15-16-17-18-19-20-27-42-74-58-57(78-79(76-43-28-41-64)70(47(2)3)48(4)5)55(77-62(58)69-46-67-56-59(65-45-66-60(56)69)68-61(71)49-29-23-21-24-30-49)44-75-63(50-31-25-22-26-32-50,51-33-37-53(72-6)38-34-51)52-35-39-54(73-7)40-36-52/h21-26,29-40,45-48,55,57-58,62H,8-20,27-28,42-44H2,1-7H3,(H,65,66,68,71). The van der Waals surface area contributed by atoms with Gasteiger partial charge in [-0.05, 0) is 87.2 Å². The molecular weight excluding hydrogens is 1010 g/mol. The summed E-state index contributed by atoms with van der Waals surface area (Å²) >= 11 is 0. The number of nitrogens with one attached hydrogen (secondary N) is 1.